The van der Waals surface area contributed by atoms with Gasteiger partial charge in [0.15, 0.2) is 0 Å². The molecule has 0 bridgehead atoms. The number of hydrogen-bond acceptors (Lipinski definition) is 5. The Kier molecular flexibility index (Phi) is 4.41. The maximum atomic E-state index is 12.0. The van der Waals surface area contributed by atoms with Crippen LogP contribution in [0.4, 0.5) is 0 Å². The van der Waals surface area contributed by atoms with Gasteiger partial charge >= 0.3 is 0 Å². The van der Waals surface area contributed by atoms with E-state index in [1.807, 2.05) is 35.0 Å². The highest BCUT2D eigenvalue weighted by Crippen LogP contribution is 2.24. The molecule has 0 saturated carbocycles. The van der Waals surface area contributed by atoms with Gasteiger partial charge < -0.3 is 13.7 Å². The smallest absolute Gasteiger partial charge is 0.275 e. The van der Waals surface area contributed by atoms with Crippen molar-refractivity contribution in [1.29, 1.82) is 0 Å². The lowest BCUT2D eigenvalue weighted by Crippen LogP contribution is -2.21. The number of hydrogen-bond donors (Lipinski definition) is 0. The summed E-state index contributed by atoms with van der Waals surface area (Å²) in [5, 5.41) is -0.103. The molecule has 0 fully saturated rings. The Balaban J connectivity index is 1.77. The third-order valence-electron chi connectivity index (χ3n) is 3.39. The van der Waals surface area contributed by atoms with Crippen molar-refractivity contribution >= 4 is 10.0 Å². The molecule has 0 N–H and O–H groups in total. The summed E-state index contributed by atoms with van der Waals surface area (Å²) >= 11 is 0. The van der Waals surface area contributed by atoms with E-state index < -0.39 is 10.0 Å². The van der Waals surface area contributed by atoms with Crippen LogP contribution in [-0.4, -0.2) is 36.4 Å². The normalized spacial score (nSPS) is 11.8. The SMILES string of the molecule is CN(C)S(=O)(=O)c1ccc(COc2ccccc2-n2ccnc2)o1. The number of imidazole rings is 1. The number of ether oxygens (including phenoxy) is 1. The minimum Gasteiger partial charge on any atom is -0.483 e. The quantitative estimate of drug-likeness (QED) is 0.684. The first-order chi connectivity index (χ1) is 11.5. The van der Waals surface area contributed by atoms with Crippen molar-refractivity contribution in [3.8, 4) is 11.4 Å². The number of benzene rings is 1. The molecule has 0 aliphatic rings. The second kappa shape index (κ2) is 6.50. The first kappa shape index (κ1) is 16.3. The minimum absolute atomic E-state index is 0.103. The highest BCUT2D eigenvalue weighted by molar-refractivity contribution is 7.88. The summed E-state index contributed by atoms with van der Waals surface area (Å²) < 4.78 is 38.1. The molecule has 0 amide bonds. The molecule has 2 heterocycles. The number of aromatic nitrogens is 2. The van der Waals surface area contributed by atoms with E-state index in [9.17, 15) is 8.42 Å². The van der Waals surface area contributed by atoms with E-state index in [1.54, 1.807) is 18.6 Å². The van der Waals surface area contributed by atoms with Crippen molar-refractivity contribution in [2.24, 2.45) is 0 Å². The first-order valence-electron chi connectivity index (χ1n) is 7.20. The summed E-state index contributed by atoms with van der Waals surface area (Å²) in [5.74, 6) is 1.07. The van der Waals surface area contributed by atoms with E-state index in [-0.39, 0.29) is 11.7 Å². The molecule has 8 heteroatoms. The fourth-order valence-corrected chi connectivity index (χ4v) is 2.91. The van der Waals surface area contributed by atoms with E-state index in [4.69, 9.17) is 9.15 Å². The molecular formula is C16H17N3O4S. The molecule has 24 heavy (non-hydrogen) atoms. The van der Waals surface area contributed by atoms with Gasteiger partial charge in [0.05, 0.1) is 12.0 Å². The number of sulfonamides is 1. The van der Waals surface area contributed by atoms with Crippen LogP contribution in [0.15, 0.2) is 64.6 Å². The van der Waals surface area contributed by atoms with E-state index in [2.05, 4.69) is 4.98 Å². The minimum atomic E-state index is -3.58. The second-order valence-corrected chi connectivity index (χ2v) is 7.32. The van der Waals surface area contributed by atoms with Gasteiger partial charge in [0.25, 0.3) is 10.0 Å². The fraction of sp³-hybridized carbons (Fsp3) is 0.188. The standard InChI is InChI=1S/C16H17N3O4S/c1-18(2)24(20,21)16-8-7-13(23-16)11-22-15-6-4-3-5-14(15)19-10-9-17-12-19/h3-10,12H,11H2,1-2H3. The zero-order valence-corrected chi connectivity index (χ0v) is 14.1. The van der Waals surface area contributed by atoms with Crippen LogP contribution in [0.25, 0.3) is 5.69 Å². The molecule has 3 aromatic rings. The van der Waals surface area contributed by atoms with E-state index >= 15 is 0 Å². The van der Waals surface area contributed by atoms with Gasteiger partial charge in [-0.1, -0.05) is 12.1 Å². The second-order valence-electron chi connectivity index (χ2n) is 5.23. The molecule has 7 nitrogen and oxygen atoms in total. The monoisotopic (exact) mass is 347 g/mol. The van der Waals surface area contributed by atoms with Crippen LogP contribution in [0.2, 0.25) is 0 Å². The number of rotatable bonds is 6. The van der Waals surface area contributed by atoms with E-state index in [0.29, 0.717) is 11.5 Å². The van der Waals surface area contributed by atoms with E-state index in [0.717, 1.165) is 9.99 Å². The van der Waals surface area contributed by atoms with Crippen molar-refractivity contribution in [3.63, 3.8) is 0 Å². The molecule has 0 radical (unpaired) electrons. The molecule has 0 atom stereocenters. The van der Waals surface area contributed by atoms with Crippen LogP contribution < -0.4 is 4.74 Å². The molecule has 0 spiro atoms. The summed E-state index contributed by atoms with van der Waals surface area (Å²) in [7, 11) is -0.676. The van der Waals surface area contributed by atoms with Crippen LogP contribution in [0.3, 0.4) is 0 Å². The van der Waals surface area contributed by atoms with Gasteiger partial charge in [0.1, 0.15) is 18.1 Å². The number of para-hydroxylation sites is 2. The van der Waals surface area contributed by atoms with Crippen LogP contribution in [-0.2, 0) is 16.6 Å². The molecular weight excluding hydrogens is 330 g/mol. The maximum absolute atomic E-state index is 12.0. The summed E-state index contributed by atoms with van der Waals surface area (Å²) in [6.45, 7) is 0.120. The molecule has 0 aliphatic carbocycles. The summed E-state index contributed by atoms with van der Waals surface area (Å²) in [6, 6.07) is 10.5. The zero-order valence-electron chi connectivity index (χ0n) is 13.3. The van der Waals surface area contributed by atoms with Gasteiger partial charge in [-0.2, -0.15) is 0 Å². The zero-order chi connectivity index (χ0) is 17.2. The molecule has 1 aromatic carbocycles. The highest BCUT2D eigenvalue weighted by atomic mass is 32.2. The van der Waals surface area contributed by atoms with Gasteiger partial charge in [-0.05, 0) is 24.3 Å². The van der Waals surface area contributed by atoms with Gasteiger partial charge in [-0.3, -0.25) is 0 Å². The third-order valence-corrected chi connectivity index (χ3v) is 5.08. The summed E-state index contributed by atoms with van der Waals surface area (Å²) in [4.78, 5) is 4.02. The molecule has 0 saturated heterocycles. The lowest BCUT2D eigenvalue weighted by molar-refractivity contribution is 0.256. The largest absolute Gasteiger partial charge is 0.483 e. The Labute approximate surface area is 140 Å². The van der Waals surface area contributed by atoms with Gasteiger partial charge in [0.2, 0.25) is 5.09 Å². The fourth-order valence-electron chi connectivity index (χ4n) is 2.10. The van der Waals surface area contributed by atoms with Gasteiger partial charge in [-0.25, -0.2) is 17.7 Å². The highest BCUT2D eigenvalue weighted by Gasteiger charge is 2.21. The average Bonchev–Trinajstić information content (AvgIpc) is 3.25. The van der Waals surface area contributed by atoms with Crippen molar-refractivity contribution in [3.05, 3.63) is 60.9 Å². The van der Waals surface area contributed by atoms with Crippen molar-refractivity contribution in [1.82, 2.24) is 13.9 Å². The van der Waals surface area contributed by atoms with Crippen molar-refractivity contribution in [2.75, 3.05) is 14.1 Å². The Morgan fingerprint density at radius 2 is 2.00 bits per heavy atom. The lowest BCUT2D eigenvalue weighted by Gasteiger charge is -2.11. The lowest BCUT2D eigenvalue weighted by atomic mass is 10.3. The molecule has 2 aromatic heterocycles. The number of nitrogens with zero attached hydrogens (tertiary/aromatic N) is 3. The Morgan fingerprint density at radius 3 is 2.71 bits per heavy atom. The third kappa shape index (κ3) is 3.19. The Hall–Kier alpha value is -2.58. The average molecular weight is 347 g/mol. The maximum Gasteiger partial charge on any atom is 0.275 e. The topological polar surface area (TPSA) is 77.6 Å². The Bertz CT molecular complexity index is 914. The summed E-state index contributed by atoms with van der Waals surface area (Å²) in [5.41, 5.74) is 0.836. The molecule has 126 valence electrons. The predicted octanol–water partition coefficient (Wildman–Crippen LogP) is 2.29. The first-order valence-corrected chi connectivity index (χ1v) is 8.64. The molecule has 0 unspecified atom stereocenters. The van der Waals surface area contributed by atoms with Crippen molar-refractivity contribution in [2.45, 2.75) is 11.7 Å². The molecule has 0 aliphatic heterocycles. The van der Waals surface area contributed by atoms with Crippen LogP contribution in [0.5, 0.6) is 5.75 Å². The van der Waals surface area contributed by atoms with Crippen LogP contribution >= 0.6 is 0 Å². The van der Waals surface area contributed by atoms with Crippen LogP contribution in [0.1, 0.15) is 5.76 Å². The van der Waals surface area contributed by atoms with Gasteiger partial charge in [-0.15, -0.1) is 0 Å². The Morgan fingerprint density at radius 1 is 1.21 bits per heavy atom. The van der Waals surface area contributed by atoms with E-state index in [1.165, 1.54) is 20.2 Å². The molecule has 3 rings (SSSR count). The van der Waals surface area contributed by atoms with Crippen molar-refractivity contribution < 1.29 is 17.6 Å². The predicted molar refractivity (Wildman–Crippen MR) is 87.5 cm³/mol. The number of furan rings is 1. The summed E-state index contributed by atoms with van der Waals surface area (Å²) in [6.07, 6.45) is 5.18. The van der Waals surface area contributed by atoms with Crippen LogP contribution in [0, 0.1) is 0 Å². The van der Waals surface area contributed by atoms with Gasteiger partial charge in [0, 0.05) is 26.5 Å².